The molecule has 0 spiro atoms. The number of pyridine rings is 2. The Bertz CT molecular complexity index is 1740. The molecule has 1 aliphatic rings. The summed E-state index contributed by atoms with van der Waals surface area (Å²) in [6.07, 6.45) is 3.47. The van der Waals surface area contributed by atoms with Crippen molar-refractivity contribution < 1.29 is 13.6 Å². The minimum Gasteiger partial charge on any atom is -0.397 e. The molecule has 5 aromatic rings. The highest BCUT2D eigenvalue weighted by Crippen LogP contribution is 2.37. The van der Waals surface area contributed by atoms with Gasteiger partial charge < -0.3 is 21.7 Å². The summed E-state index contributed by atoms with van der Waals surface area (Å²) in [5, 5.41) is 4.43. The van der Waals surface area contributed by atoms with Crippen LogP contribution in [0.2, 0.25) is 0 Å². The number of fused-ring (bicyclic) bond motifs is 2. The third kappa shape index (κ3) is 4.64. The molecule has 1 amide bonds. The van der Waals surface area contributed by atoms with Crippen LogP contribution in [0, 0.1) is 18.6 Å². The molecule has 6 rings (SSSR count). The topological polar surface area (TPSA) is 123 Å². The molecule has 11 heteroatoms. The summed E-state index contributed by atoms with van der Waals surface area (Å²) >= 11 is 1.48. The molecule has 0 aliphatic carbocycles. The van der Waals surface area contributed by atoms with Gasteiger partial charge in [-0.1, -0.05) is 29.5 Å². The van der Waals surface area contributed by atoms with Crippen LogP contribution in [0.3, 0.4) is 0 Å². The Kier molecular flexibility index (Phi) is 6.32. The number of benzene rings is 2. The van der Waals surface area contributed by atoms with Crippen LogP contribution >= 0.6 is 11.3 Å². The molecule has 0 bridgehead atoms. The molecule has 1 atom stereocenters. The lowest BCUT2D eigenvalue weighted by Crippen LogP contribution is -2.43. The summed E-state index contributed by atoms with van der Waals surface area (Å²) in [4.78, 5) is 30.1. The number of piperidine rings is 1. The van der Waals surface area contributed by atoms with Crippen LogP contribution < -0.4 is 21.7 Å². The fourth-order valence-corrected chi connectivity index (χ4v) is 5.83. The van der Waals surface area contributed by atoms with E-state index in [1.54, 1.807) is 30.5 Å². The number of carbonyl (C=O) groups excluding carboxylic acids is 1. The average molecular weight is 546 g/mol. The fourth-order valence-electron chi connectivity index (χ4n) is 5.07. The van der Waals surface area contributed by atoms with Crippen LogP contribution in [0.25, 0.3) is 32.4 Å². The average Bonchev–Trinajstić information content (AvgIpc) is 3.28. The van der Waals surface area contributed by atoms with Crippen molar-refractivity contribution in [2.45, 2.75) is 25.8 Å². The summed E-state index contributed by atoms with van der Waals surface area (Å²) in [6, 6.07) is 10.1. The number of halogens is 2. The minimum absolute atomic E-state index is 0.00972. The SMILES string of the molecule is Cc1nc2c(N3CCC[C@H](N)C3)c(NC(=O)c3nc4cc(-c5c(F)cccc5F)ccc4cc3N)cnc2s1. The number of rotatable bonds is 4. The van der Waals surface area contributed by atoms with Gasteiger partial charge in [0.25, 0.3) is 5.91 Å². The van der Waals surface area contributed by atoms with Gasteiger partial charge in [-0.2, -0.15) is 0 Å². The molecule has 0 saturated carbocycles. The highest BCUT2D eigenvalue weighted by Gasteiger charge is 2.25. The van der Waals surface area contributed by atoms with Gasteiger partial charge in [-0.3, -0.25) is 4.79 Å². The van der Waals surface area contributed by atoms with E-state index in [4.69, 9.17) is 11.5 Å². The largest absolute Gasteiger partial charge is 0.397 e. The zero-order valence-electron chi connectivity index (χ0n) is 21.0. The van der Waals surface area contributed by atoms with Gasteiger partial charge in [0.1, 0.15) is 22.0 Å². The number of nitrogens with one attached hydrogen (secondary N) is 1. The van der Waals surface area contributed by atoms with Crippen LogP contribution in [0.1, 0.15) is 28.3 Å². The lowest BCUT2D eigenvalue weighted by molar-refractivity contribution is 0.102. The van der Waals surface area contributed by atoms with Gasteiger partial charge in [-0.05, 0) is 49.6 Å². The summed E-state index contributed by atoms with van der Waals surface area (Å²) in [5.41, 5.74) is 15.1. The number of anilines is 3. The Hall–Kier alpha value is -4.22. The maximum Gasteiger partial charge on any atom is 0.276 e. The first-order valence-electron chi connectivity index (χ1n) is 12.5. The predicted octanol–water partition coefficient (Wildman–Crippen LogP) is 5.26. The zero-order valence-corrected chi connectivity index (χ0v) is 21.9. The van der Waals surface area contributed by atoms with E-state index in [9.17, 15) is 13.6 Å². The van der Waals surface area contributed by atoms with Crippen molar-refractivity contribution in [1.29, 1.82) is 0 Å². The normalized spacial score (nSPS) is 15.7. The van der Waals surface area contributed by atoms with Crippen LogP contribution in [0.5, 0.6) is 0 Å². The van der Waals surface area contributed by atoms with Crippen LogP contribution in [0.15, 0.2) is 48.7 Å². The summed E-state index contributed by atoms with van der Waals surface area (Å²) in [5.74, 6) is -1.91. The number of nitrogen functional groups attached to an aromatic ring is 1. The molecule has 1 saturated heterocycles. The Morgan fingerprint density at radius 3 is 2.72 bits per heavy atom. The molecule has 1 aliphatic heterocycles. The van der Waals surface area contributed by atoms with E-state index in [2.05, 4.69) is 25.2 Å². The van der Waals surface area contributed by atoms with Crippen molar-refractivity contribution in [2.24, 2.45) is 5.73 Å². The third-order valence-corrected chi connectivity index (χ3v) is 7.72. The number of aromatic nitrogens is 3. The monoisotopic (exact) mass is 545 g/mol. The quantitative estimate of drug-likeness (QED) is 0.282. The van der Waals surface area contributed by atoms with E-state index in [0.29, 0.717) is 34.2 Å². The molecule has 198 valence electrons. The van der Waals surface area contributed by atoms with Gasteiger partial charge in [0, 0.05) is 24.5 Å². The Morgan fingerprint density at radius 1 is 1.15 bits per heavy atom. The number of amides is 1. The van der Waals surface area contributed by atoms with Gasteiger partial charge in [0.05, 0.1) is 39.3 Å². The number of nitrogens with zero attached hydrogens (tertiary/aromatic N) is 4. The lowest BCUT2D eigenvalue weighted by atomic mass is 10.0. The van der Waals surface area contributed by atoms with Crippen LogP contribution in [-0.2, 0) is 0 Å². The molecule has 4 heterocycles. The molecule has 8 nitrogen and oxygen atoms in total. The minimum atomic E-state index is -0.687. The summed E-state index contributed by atoms with van der Waals surface area (Å²) in [7, 11) is 0. The summed E-state index contributed by atoms with van der Waals surface area (Å²) in [6.45, 7) is 3.32. The smallest absolute Gasteiger partial charge is 0.276 e. The van der Waals surface area contributed by atoms with E-state index < -0.39 is 17.5 Å². The maximum atomic E-state index is 14.4. The number of hydrogen-bond acceptors (Lipinski definition) is 8. The second-order valence-corrected chi connectivity index (χ2v) is 10.8. The predicted molar refractivity (Wildman–Crippen MR) is 151 cm³/mol. The first-order valence-corrected chi connectivity index (χ1v) is 13.3. The van der Waals surface area contributed by atoms with Gasteiger partial charge in [-0.15, -0.1) is 0 Å². The van der Waals surface area contributed by atoms with Crippen molar-refractivity contribution in [3.63, 3.8) is 0 Å². The molecule has 2 aromatic carbocycles. The van der Waals surface area contributed by atoms with E-state index >= 15 is 0 Å². The number of carbonyl (C=O) groups is 1. The third-order valence-electron chi connectivity index (χ3n) is 6.84. The number of nitrogens with two attached hydrogens (primary N) is 2. The van der Waals surface area contributed by atoms with Crippen LogP contribution in [0.4, 0.5) is 25.8 Å². The second kappa shape index (κ2) is 9.83. The molecular formula is C28H25F2N7OS. The Labute approximate surface area is 226 Å². The number of hydrogen-bond donors (Lipinski definition) is 3. The van der Waals surface area contributed by atoms with Gasteiger partial charge in [-0.25, -0.2) is 23.7 Å². The zero-order chi connectivity index (χ0) is 27.3. The standard InChI is InChI=1S/C28H25F2N7OS/c1-14-34-25-26(37-9-3-4-17(31)13-37)22(12-33-28(25)39-14)36-27(38)24-20(32)10-15-7-8-16(11-21(15)35-24)23-18(29)5-2-6-19(23)30/h2,5-8,10-12,17H,3-4,9,13,31-32H2,1H3,(H,36,38)/t17-/m0/s1. The van der Waals surface area contributed by atoms with Crippen molar-refractivity contribution in [3.8, 4) is 11.1 Å². The molecule has 1 fully saturated rings. The van der Waals surface area contributed by atoms with Crippen molar-refractivity contribution >= 4 is 55.6 Å². The van der Waals surface area contributed by atoms with Crippen LogP contribution in [-0.4, -0.2) is 40.0 Å². The first kappa shape index (κ1) is 25.1. The molecule has 0 radical (unpaired) electrons. The highest BCUT2D eigenvalue weighted by molar-refractivity contribution is 7.18. The van der Waals surface area contributed by atoms with E-state index in [0.717, 1.165) is 34.9 Å². The second-order valence-electron chi connectivity index (χ2n) is 9.64. The highest BCUT2D eigenvalue weighted by atomic mass is 32.1. The van der Waals surface area contributed by atoms with Crippen molar-refractivity contribution in [2.75, 3.05) is 29.0 Å². The molecule has 0 unspecified atom stereocenters. The van der Waals surface area contributed by atoms with Crippen molar-refractivity contribution in [1.82, 2.24) is 15.0 Å². The van der Waals surface area contributed by atoms with Gasteiger partial charge in [0.15, 0.2) is 5.69 Å². The maximum absolute atomic E-state index is 14.4. The van der Waals surface area contributed by atoms with Gasteiger partial charge >= 0.3 is 0 Å². The van der Waals surface area contributed by atoms with Gasteiger partial charge in [0.2, 0.25) is 0 Å². The number of aryl methyl sites for hydroxylation is 1. The molecule has 5 N–H and O–H groups in total. The van der Waals surface area contributed by atoms with E-state index in [-0.39, 0.29) is 23.0 Å². The van der Waals surface area contributed by atoms with Crippen molar-refractivity contribution in [3.05, 3.63) is 71.0 Å². The Balaban J connectivity index is 1.40. The fraction of sp³-hybridized carbons (Fsp3) is 0.214. The lowest BCUT2D eigenvalue weighted by Gasteiger charge is -2.33. The molecular weight excluding hydrogens is 520 g/mol. The Morgan fingerprint density at radius 2 is 1.95 bits per heavy atom. The number of thiazole rings is 1. The molecule has 39 heavy (non-hydrogen) atoms. The molecule has 3 aromatic heterocycles. The van der Waals surface area contributed by atoms with E-state index in [1.165, 1.54) is 29.5 Å². The summed E-state index contributed by atoms with van der Waals surface area (Å²) < 4.78 is 28.8. The first-order chi connectivity index (χ1) is 18.8. The van der Waals surface area contributed by atoms with E-state index in [1.807, 2.05) is 6.92 Å².